The van der Waals surface area contributed by atoms with E-state index in [1.807, 2.05) is 0 Å². The first-order chi connectivity index (χ1) is 11.1. The van der Waals surface area contributed by atoms with Crippen LogP contribution >= 0.6 is 0 Å². The van der Waals surface area contributed by atoms with Crippen molar-refractivity contribution in [3.8, 4) is 0 Å². The summed E-state index contributed by atoms with van der Waals surface area (Å²) in [5.41, 5.74) is 0.337. The van der Waals surface area contributed by atoms with Crippen LogP contribution in [0.2, 0.25) is 0 Å². The number of carbonyl (C=O) groups excluding carboxylic acids is 1. The molecule has 5 heteroatoms. The summed E-state index contributed by atoms with van der Waals surface area (Å²) >= 11 is 0. The van der Waals surface area contributed by atoms with E-state index in [0.29, 0.717) is 16.7 Å². The number of nitrogens with one attached hydrogen (secondary N) is 1. The lowest BCUT2D eigenvalue weighted by molar-refractivity contribution is 0.104. The number of anilines is 1. The molecule has 0 radical (unpaired) electrons. The van der Waals surface area contributed by atoms with Gasteiger partial charge in [0.15, 0.2) is 5.78 Å². The number of hydrogen-bond donors (Lipinski definition) is 1. The molecule has 1 aromatic heterocycles. The molecule has 1 heterocycles. The van der Waals surface area contributed by atoms with Gasteiger partial charge >= 0.3 is 5.63 Å². The summed E-state index contributed by atoms with van der Waals surface area (Å²) in [4.78, 5) is 24.0. The first-order valence-electron chi connectivity index (χ1n) is 6.89. The molecule has 4 nitrogen and oxygen atoms in total. The average Bonchev–Trinajstić information content (AvgIpc) is 2.56. The Bertz CT molecular complexity index is 942. The maximum atomic E-state index is 12.8. The van der Waals surface area contributed by atoms with Gasteiger partial charge in [0.25, 0.3) is 0 Å². The van der Waals surface area contributed by atoms with Crippen molar-refractivity contribution < 1.29 is 13.6 Å². The predicted octanol–water partition coefficient (Wildman–Crippen LogP) is 3.74. The Hall–Kier alpha value is -3.21. The van der Waals surface area contributed by atoms with Gasteiger partial charge in [-0.1, -0.05) is 18.2 Å². The van der Waals surface area contributed by atoms with E-state index < -0.39 is 11.4 Å². The summed E-state index contributed by atoms with van der Waals surface area (Å²) in [6.45, 7) is 0. The number of ketones is 1. The van der Waals surface area contributed by atoms with Crippen molar-refractivity contribution in [2.45, 2.75) is 0 Å². The van der Waals surface area contributed by atoms with Gasteiger partial charge in [-0.15, -0.1) is 0 Å². The molecule has 0 bridgehead atoms. The second-order valence-corrected chi connectivity index (χ2v) is 4.83. The minimum absolute atomic E-state index is 0.0409. The molecule has 3 aromatic rings. The SMILES string of the molecule is O=C(/C=C/Nc1ccc(F)cc1)c1cc2ccccc2oc1=O. The summed E-state index contributed by atoms with van der Waals surface area (Å²) < 4.78 is 17.9. The molecule has 3 rings (SSSR count). The zero-order chi connectivity index (χ0) is 16.2. The van der Waals surface area contributed by atoms with Crippen LogP contribution in [0.4, 0.5) is 10.1 Å². The highest BCUT2D eigenvalue weighted by atomic mass is 19.1. The molecule has 0 aliphatic heterocycles. The molecule has 0 amide bonds. The van der Waals surface area contributed by atoms with E-state index in [4.69, 9.17) is 4.42 Å². The molecule has 0 unspecified atom stereocenters. The molecule has 0 aliphatic rings. The molecule has 2 aromatic carbocycles. The number of para-hydroxylation sites is 1. The first-order valence-corrected chi connectivity index (χ1v) is 6.89. The van der Waals surface area contributed by atoms with E-state index in [1.165, 1.54) is 42.6 Å². The fraction of sp³-hybridized carbons (Fsp3) is 0. The van der Waals surface area contributed by atoms with Gasteiger partial charge in [0, 0.05) is 23.3 Å². The number of rotatable bonds is 4. The molecule has 0 spiro atoms. The molecule has 0 saturated heterocycles. The summed E-state index contributed by atoms with van der Waals surface area (Å²) in [6, 6.07) is 14.1. The standard InChI is InChI=1S/C18H12FNO3/c19-13-5-7-14(8-6-13)20-10-9-16(21)15-11-12-3-1-2-4-17(12)23-18(15)22/h1-11,20H/b10-9+. The molecule has 0 saturated carbocycles. The Morgan fingerprint density at radius 1 is 1.09 bits per heavy atom. The fourth-order valence-corrected chi connectivity index (χ4v) is 2.08. The third-order valence-corrected chi connectivity index (χ3v) is 3.24. The van der Waals surface area contributed by atoms with E-state index in [1.54, 1.807) is 24.3 Å². The molecule has 1 N–H and O–H groups in total. The van der Waals surface area contributed by atoms with Crippen LogP contribution in [0.5, 0.6) is 0 Å². The van der Waals surface area contributed by atoms with Gasteiger partial charge in [-0.2, -0.15) is 0 Å². The zero-order valence-corrected chi connectivity index (χ0v) is 12.0. The molecule has 0 fully saturated rings. The minimum atomic E-state index is -0.680. The highest BCUT2D eigenvalue weighted by molar-refractivity contribution is 6.05. The normalized spacial score (nSPS) is 11.0. The largest absolute Gasteiger partial charge is 0.422 e. The van der Waals surface area contributed by atoms with Crippen molar-refractivity contribution in [3.05, 3.63) is 88.7 Å². The molecule has 114 valence electrons. The first kappa shape index (κ1) is 14.7. The number of halogens is 1. The van der Waals surface area contributed by atoms with Crippen LogP contribution in [-0.2, 0) is 0 Å². The lowest BCUT2D eigenvalue weighted by atomic mass is 10.1. The summed E-state index contributed by atoms with van der Waals surface area (Å²) in [7, 11) is 0. The zero-order valence-electron chi connectivity index (χ0n) is 12.0. The van der Waals surface area contributed by atoms with Crippen molar-refractivity contribution in [1.29, 1.82) is 0 Å². The number of benzene rings is 2. The number of hydrogen-bond acceptors (Lipinski definition) is 4. The lowest BCUT2D eigenvalue weighted by Gasteiger charge is -2.00. The van der Waals surface area contributed by atoms with Gasteiger partial charge in [0.2, 0.25) is 0 Å². The monoisotopic (exact) mass is 309 g/mol. The van der Waals surface area contributed by atoms with Crippen molar-refractivity contribution in [1.82, 2.24) is 0 Å². The molecule has 0 atom stereocenters. The Morgan fingerprint density at radius 2 is 1.83 bits per heavy atom. The maximum Gasteiger partial charge on any atom is 0.347 e. The van der Waals surface area contributed by atoms with Gasteiger partial charge in [0.1, 0.15) is 17.0 Å². The van der Waals surface area contributed by atoms with Crippen LogP contribution in [0.1, 0.15) is 10.4 Å². The molecule has 0 aliphatic carbocycles. The van der Waals surface area contributed by atoms with Gasteiger partial charge in [-0.3, -0.25) is 4.79 Å². The van der Waals surface area contributed by atoms with Gasteiger partial charge < -0.3 is 9.73 Å². The molecule has 23 heavy (non-hydrogen) atoms. The topological polar surface area (TPSA) is 59.3 Å². The summed E-state index contributed by atoms with van der Waals surface area (Å²) in [5.74, 6) is -0.816. The Balaban J connectivity index is 1.80. The molecular formula is C18H12FNO3. The second-order valence-electron chi connectivity index (χ2n) is 4.83. The van der Waals surface area contributed by atoms with E-state index in [9.17, 15) is 14.0 Å². The van der Waals surface area contributed by atoms with Crippen molar-refractivity contribution in [2.75, 3.05) is 5.32 Å². The fourth-order valence-electron chi connectivity index (χ4n) is 2.08. The Morgan fingerprint density at radius 3 is 2.61 bits per heavy atom. The van der Waals surface area contributed by atoms with Gasteiger partial charge in [-0.25, -0.2) is 9.18 Å². The van der Waals surface area contributed by atoms with Crippen LogP contribution in [0.25, 0.3) is 11.0 Å². The van der Waals surface area contributed by atoms with Gasteiger partial charge in [-0.05, 0) is 36.4 Å². The maximum absolute atomic E-state index is 12.8. The minimum Gasteiger partial charge on any atom is -0.422 e. The van der Waals surface area contributed by atoms with Crippen LogP contribution in [-0.4, -0.2) is 5.78 Å². The lowest BCUT2D eigenvalue weighted by Crippen LogP contribution is -2.12. The Kier molecular flexibility index (Phi) is 4.01. The number of allylic oxidation sites excluding steroid dienone is 1. The van der Waals surface area contributed by atoms with Crippen LogP contribution < -0.4 is 10.9 Å². The molecular weight excluding hydrogens is 297 g/mol. The summed E-state index contributed by atoms with van der Waals surface area (Å²) in [5, 5.41) is 3.50. The van der Waals surface area contributed by atoms with E-state index in [-0.39, 0.29) is 11.4 Å². The van der Waals surface area contributed by atoms with Crippen LogP contribution in [0.3, 0.4) is 0 Å². The number of fused-ring (bicyclic) bond motifs is 1. The highest BCUT2D eigenvalue weighted by Gasteiger charge is 2.10. The summed E-state index contributed by atoms with van der Waals surface area (Å²) in [6.07, 6.45) is 2.62. The van der Waals surface area contributed by atoms with Crippen LogP contribution in [0, 0.1) is 5.82 Å². The second kappa shape index (κ2) is 6.27. The average molecular weight is 309 g/mol. The third kappa shape index (κ3) is 3.35. The van der Waals surface area contributed by atoms with E-state index in [2.05, 4.69) is 5.32 Å². The van der Waals surface area contributed by atoms with Crippen molar-refractivity contribution >= 4 is 22.4 Å². The predicted molar refractivity (Wildman–Crippen MR) is 86.0 cm³/mol. The van der Waals surface area contributed by atoms with Gasteiger partial charge in [0.05, 0.1) is 0 Å². The van der Waals surface area contributed by atoms with Crippen molar-refractivity contribution in [2.24, 2.45) is 0 Å². The quantitative estimate of drug-likeness (QED) is 0.453. The van der Waals surface area contributed by atoms with Crippen LogP contribution in [0.15, 0.2) is 76.1 Å². The van der Waals surface area contributed by atoms with E-state index in [0.717, 1.165) is 0 Å². The highest BCUT2D eigenvalue weighted by Crippen LogP contribution is 2.13. The number of carbonyl (C=O) groups is 1. The third-order valence-electron chi connectivity index (χ3n) is 3.24. The Labute approximate surface area is 130 Å². The smallest absolute Gasteiger partial charge is 0.347 e. The van der Waals surface area contributed by atoms with Crippen molar-refractivity contribution in [3.63, 3.8) is 0 Å². The van der Waals surface area contributed by atoms with E-state index >= 15 is 0 Å².